The lowest BCUT2D eigenvalue weighted by Crippen LogP contribution is -2.09. The van der Waals surface area contributed by atoms with Gasteiger partial charge in [-0.1, -0.05) is 43.2 Å². The Hall–Kier alpha value is -1.77. The van der Waals surface area contributed by atoms with Crippen LogP contribution in [0.15, 0.2) is 36.4 Å². The summed E-state index contributed by atoms with van der Waals surface area (Å²) >= 11 is 0. The zero-order valence-electron chi connectivity index (χ0n) is 9.84. The van der Waals surface area contributed by atoms with Gasteiger partial charge in [-0.3, -0.25) is 0 Å². The molecule has 88 valence electrons. The highest BCUT2D eigenvalue weighted by atomic mass is 15.3. The molecule has 0 amide bonds. The molecular formula is C14H17N3. The predicted octanol–water partition coefficient (Wildman–Crippen LogP) is 3.25. The minimum absolute atomic E-state index is 0.507. The molecule has 2 aromatic rings. The second-order valence-corrected chi connectivity index (χ2v) is 4.70. The molecule has 1 aromatic heterocycles. The third kappa shape index (κ3) is 1.93. The maximum atomic E-state index is 6.06. The van der Waals surface area contributed by atoms with Crippen molar-refractivity contribution in [3.05, 3.63) is 36.4 Å². The van der Waals surface area contributed by atoms with Crippen LogP contribution in [0.5, 0.6) is 0 Å². The average Bonchev–Trinajstić information content (AvgIpc) is 2.99. The van der Waals surface area contributed by atoms with Gasteiger partial charge in [0.2, 0.25) is 0 Å². The summed E-state index contributed by atoms with van der Waals surface area (Å²) in [6, 6.07) is 12.7. The van der Waals surface area contributed by atoms with Gasteiger partial charge < -0.3 is 5.73 Å². The topological polar surface area (TPSA) is 43.8 Å². The lowest BCUT2D eigenvalue weighted by atomic mass is 10.2. The summed E-state index contributed by atoms with van der Waals surface area (Å²) in [6.07, 6.45) is 5.01. The van der Waals surface area contributed by atoms with Crippen molar-refractivity contribution in [3.8, 4) is 11.3 Å². The van der Waals surface area contributed by atoms with Gasteiger partial charge in [0, 0.05) is 11.6 Å². The fourth-order valence-electron chi connectivity index (χ4n) is 2.60. The van der Waals surface area contributed by atoms with E-state index in [4.69, 9.17) is 5.73 Å². The molecular weight excluding hydrogens is 210 g/mol. The van der Waals surface area contributed by atoms with E-state index < -0.39 is 0 Å². The first-order valence-electron chi connectivity index (χ1n) is 6.25. The van der Waals surface area contributed by atoms with Gasteiger partial charge in [0.05, 0.1) is 11.7 Å². The normalized spacial score (nSPS) is 16.5. The molecule has 0 bridgehead atoms. The molecule has 0 atom stereocenters. The Morgan fingerprint density at radius 1 is 1.12 bits per heavy atom. The van der Waals surface area contributed by atoms with Crippen LogP contribution in [0.2, 0.25) is 0 Å². The largest absolute Gasteiger partial charge is 0.384 e. The van der Waals surface area contributed by atoms with Crippen LogP contribution in [0.3, 0.4) is 0 Å². The van der Waals surface area contributed by atoms with Crippen LogP contribution >= 0.6 is 0 Å². The highest BCUT2D eigenvalue weighted by Crippen LogP contribution is 2.32. The van der Waals surface area contributed by atoms with Gasteiger partial charge in [-0.15, -0.1) is 0 Å². The van der Waals surface area contributed by atoms with Gasteiger partial charge in [0.25, 0.3) is 0 Å². The van der Waals surface area contributed by atoms with Crippen LogP contribution in [0, 0.1) is 0 Å². The van der Waals surface area contributed by atoms with E-state index in [0.29, 0.717) is 6.04 Å². The minimum Gasteiger partial charge on any atom is -0.384 e. The molecule has 0 radical (unpaired) electrons. The maximum Gasteiger partial charge on any atom is 0.122 e. The number of nitrogens with two attached hydrogens (primary N) is 1. The van der Waals surface area contributed by atoms with Crippen molar-refractivity contribution in [3.63, 3.8) is 0 Å². The number of hydrogen-bond donors (Lipinski definition) is 1. The summed E-state index contributed by atoms with van der Waals surface area (Å²) < 4.78 is 2.01. The smallest absolute Gasteiger partial charge is 0.122 e. The van der Waals surface area contributed by atoms with Crippen LogP contribution in [-0.4, -0.2) is 9.78 Å². The molecule has 0 saturated heterocycles. The summed E-state index contributed by atoms with van der Waals surface area (Å²) in [5.74, 6) is 0.788. The quantitative estimate of drug-likeness (QED) is 0.855. The van der Waals surface area contributed by atoms with Crippen molar-refractivity contribution in [1.29, 1.82) is 0 Å². The molecule has 1 aromatic carbocycles. The number of rotatable bonds is 2. The van der Waals surface area contributed by atoms with Crippen molar-refractivity contribution >= 4 is 5.82 Å². The molecule has 1 fully saturated rings. The molecule has 3 rings (SSSR count). The summed E-state index contributed by atoms with van der Waals surface area (Å²) in [5, 5.41) is 4.65. The maximum absolute atomic E-state index is 6.06. The van der Waals surface area contributed by atoms with E-state index in [1.807, 2.05) is 28.9 Å². The minimum atomic E-state index is 0.507. The number of aromatic nitrogens is 2. The van der Waals surface area contributed by atoms with E-state index in [2.05, 4.69) is 17.2 Å². The van der Waals surface area contributed by atoms with Crippen molar-refractivity contribution in [2.45, 2.75) is 31.7 Å². The molecule has 17 heavy (non-hydrogen) atoms. The second-order valence-electron chi connectivity index (χ2n) is 4.70. The fourth-order valence-corrected chi connectivity index (χ4v) is 2.60. The van der Waals surface area contributed by atoms with Crippen molar-refractivity contribution in [2.24, 2.45) is 0 Å². The third-order valence-electron chi connectivity index (χ3n) is 3.50. The Kier molecular flexibility index (Phi) is 2.59. The highest BCUT2D eigenvalue weighted by Gasteiger charge is 2.20. The lowest BCUT2D eigenvalue weighted by molar-refractivity contribution is 0.475. The van der Waals surface area contributed by atoms with E-state index in [9.17, 15) is 0 Å². The Bertz CT molecular complexity index is 495. The van der Waals surface area contributed by atoms with E-state index >= 15 is 0 Å². The summed E-state index contributed by atoms with van der Waals surface area (Å²) in [6.45, 7) is 0. The average molecular weight is 227 g/mol. The second kappa shape index (κ2) is 4.24. The van der Waals surface area contributed by atoms with Gasteiger partial charge in [0.15, 0.2) is 0 Å². The van der Waals surface area contributed by atoms with Gasteiger partial charge in [-0.05, 0) is 12.8 Å². The van der Waals surface area contributed by atoms with E-state index in [-0.39, 0.29) is 0 Å². The number of nitrogens with zero attached hydrogens (tertiary/aromatic N) is 2. The van der Waals surface area contributed by atoms with E-state index in [1.54, 1.807) is 0 Å². The molecule has 3 nitrogen and oxygen atoms in total. The molecule has 1 aliphatic rings. The molecule has 2 N–H and O–H groups in total. The van der Waals surface area contributed by atoms with Crippen molar-refractivity contribution in [1.82, 2.24) is 9.78 Å². The molecule has 0 aliphatic heterocycles. The summed E-state index contributed by atoms with van der Waals surface area (Å²) in [4.78, 5) is 0. The van der Waals surface area contributed by atoms with Crippen molar-refractivity contribution in [2.75, 3.05) is 5.73 Å². The number of anilines is 1. The van der Waals surface area contributed by atoms with Crippen LogP contribution in [0.25, 0.3) is 11.3 Å². The number of nitrogen functional groups attached to an aromatic ring is 1. The Labute approximate surface area is 101 Å². The van der Waals surface area contributed by atoms with Gasteiger partial charge in [-0.25, -0.2) is 4.68 Å². The third-order valence-corrected chi connectivity index (χ3v) is 3.50. The molecule has 0 unspecified atom stereocenters. The Balaban J connectivity index is 1.95. The first-order chi connectivity index (χ1) is 8.34. The predicted molar refractivity (Wildman–Crippen MR) is 69.6 cm³/mol. The monoisotopic (exact) mass is 227 g/mol. The molecule has 0 spiro atoms. The summed E-state index contributed by atoms with van der Waals surface area (Å²) in [5.41, 5.74) is 8.18. The van der Waals surface area contributed by atoms with Gasteiger partial charge >= 0.3 is 0 Å². The highest BCUT2D eigenvalue weighted by molar-refractivity contribution is 5.62. The first kappa shape index (κ1) is 10.4. The first-order valence-corrected chi connectivity index (χ1v) is 6.25. The van der Waals surface area contributed by atoms with E-state index in [1.165, 1.54) is 25.7 Å². The fraction of sp³-hybridized carbons (Fsp3) is 0.357. The van der Waals surface area contributed by atoms with Crippen molar-refractivity contribution < 1.29 is 0 Å². The standard InChI is InChI=1S/C14H17N3/c15-14-10-13(11-6-2-1-3-7-11)16-17(14)12-8-4-5-9-12/h1-3,6-7,10,12H,4-5,8-9,15H2. The van der Waals surface area contributed by atoms with Crippen LogP contribution in [0.4, 0.5) is 5.82 Å². The van der Waals surface area contributed by atoms with Crippen LogP contribution < -0.4 is 5.73 Å². The van der Waals surface area contributed by atoms with Gasteiger partial charge in [-0.2, -0.15) is 5.10 Å². The zero-order chi connectivity index (χ0) is 11.7. The number of benzene rings is 1. The molecule has 3 heteroatoms. The van der Waals surface area contributed by atoms with Crippen LogP contribution in [0.1, 0.15) is 31.7 Å². The number of hydrogen-bond acceptors (Lipinski definition) is 2. The summed E-state index contributed by atoms with van der Waals surface area (Å²) in [7, 11) is 0. The Morgan fingerprint density at radius 3 is 2.53 bits per heavy atom. The molecule has 1 saturated carbocycles. The molecule has 1 aliphatic carbocycles. The van der Waals surface area contributed by atoms with Gasteiger partial charge in [0.1, 0.15) is 5.82 Å². The lowest BCUT2D eigenvalue weighted by Gasteiger charge is -2.11. The molecule has 1 heterocycles. The van der Waals surface area contributed by atoms with Crippen LogP contribution in [-0.2, 0) is 0 Å². The SMILES string of the molecule is Nc1cc(-c2ccccc2)nn1C1CCCC1. The Morgan fingerprint density at radius 2 is 1.82 bits per heavy atom. The van der Waals surface area contributed by atoms with E-state index in [0.717, 1.165) is 17.1 Å². The zero-order valence-corrected chi connectivity index (χ0v) is 9.84.